The number of benzene rings is 2. The smallest absolute Gasteiger partial charge is 0.321 e. The number of hydrogen-bond donors (Lipinski definition) is 5. The van der Waals surface area contributed by atoms with Gasteiger partial charge in [0.05, 0.1) is 16.9 Å². The zero-order valence-corrected chi connectivity index (χ0v) is 16.7. The van der Waals surface area contributed by atoms with Crippen LogP contribution in [0.3, 0.4) is 0 Å². The maximum atomic E-state index is 14.0. The molecule has 0 saturated carbocycles. The number of rotatable bonds is 4. The summed E-state index contributed by atoms with van der Waals surface area (Å²) in [4.78, 5) is 19.1. The Bertz CT molecular complexity index is 1330. The minimum atomic E-state index is -0.898. The lowest BCUT2D eigenvalue weighted by Crippen LogP contribution is -2.41. The summed E-state index contributed by atoms with van der Waals surface area (Å²) in [6, 6.07) is 7.82. The molecular weight excluding hydrogens is 401 g/mol. The van der Waals surface area contributed by atoms with Crippen molar-refractivity contribution in [1.29, 1.82) is 0 Å². The highest BCUT2D eigenvalue weighted by Gasteiger charge is 2.27. The predicted octanol–water partition coefficient (Wildman–Crippen LogP) is 3.13. The Morgan fingerprint density at radius 3 is 2.90 bits per heavy atom. The third-order valence-electron chi connectivity index (χ3n) is 5.74. The lowest BCUT2D eigenvalue weighted by atomic mass is 9.96. The minimum absolute atomic E-state index is 0.305. The van der Waals surface area contributed by atoms with Crippen molar-refractivity contribution in [3.05, 3.63) is 53.1 Å². The highest BCUT2D eigenvalue weighted by atomic mass is 19.1. The number of aromatic nitrogens is 4. The molecule has 0 spiro atoms. The van der Waals surface area contributed by atoms with Gasteiger partial charge in [-0.15, -0.1) is 0 Å². The molecule has 9 heteroatoms. The number of fused-ring (bicyclic) bond motifs is 2. The predicted molar refractivity (Wildman–Crippen MR) is 112 cm³/mol. The molecule has 2 aromatic heterocycles. The molecule has 0 fully saturated rings. The van der Waals surface area contributed by atoms with Crippen molar-refractivity contribution in [2.45, 2.75) is 32.4 Å². The van der Waals surface area contributed by atoms with Gasteiger partial charge in [0.1, 0.15) is 11.7 Å². The van der Waals surface area contributed by atoms with Crippen LogP contribution in [0.1, 0.15) is 23.9 Å². The van der Waals surface area contributed by atoms with E-state index in [0.29, 0.717) is 30.9 Å². The number of halogens is 1. The first-order valence-electron chi connectivity index (χ1n) is 9.98. The Balaban J connectivity index is 1.53. The molecular formula is C22H20FN5O3. The summed E-state index contributed by atoms with van der Waals surface area (Å²) in [5, 5.41) is 30.1. The number of aryl methyl sites for hydroxylation is 1. The van der Waals surface area contributed by atoms with E-state index in [1.807, 2.05) is 25.1 Å². The van der Waals surface area contributed by atoms with Crippen LogP contribution in [-0.4, -0.2) is 42.4 Å². The fraction of sp³-hybridized carbons (Fsp3) is 0.227. The molecule has 31 heavy (non-hydrogen) atoms. The molecule has 1 atom stereocenters. The zero-order valence-electron chi connectivity index (χ0n) is 16.7. The molecule has 158 valence electrons. The third-order valence-corrected chi connectivity index (χ3v) is 5.74. The van der Waals surface area contributed by atoms with E-state index in [1.54, 1.807) is 0 Å². The molecule has 0 amide bonds. The van der Waals surface area contributed by atoms with Gasteiger partial charge in [0.15, 0.2) is 17.4 Å². The fourth-order valence-corrected chi connectivity index (χ4v) is 4.07. The monoisotopic (exact) mass is 421 g/mol. The Kier molecular flexibility index (Phi) is 4.48. The summed E-state index contributed by atoms with van der Waals surface area (Å²) in [5.74, 6) is -1.34. The Morgan fingerprint density at radius 2 is 2.13 bits per heavy atom. The number of H-pyrrole nitrogens is 2. The number of aromatic hydroxyl groups is 1. The third kappa shape index (κ3) is 3.23. The number of hydrogen-bond acceptors (Lipinski definition) is 5. The lowest BCUT2D eigenvalue weighted by Gasteiger charge is -2.18. The number of phenols is 1. The normalized spacial score (nSPS) is 15.9. The summed E-state index contributed by atoms with van der Waals surface area (Å²) >= 11 is 0. The SMILES string of the molecule is CCc1cc(O)c(F)cc1-c1ccc2c(-c3nc4c([nH]3)CN[C@H](C(=O)O)C4)n[nH]c2c1. The van der Waals surface area contributed by atoms with Crippen molar-refractivity contribution in [2.75, 3.05) is 0 Å². The average Bonchev–Trinajstić information content (AvgIpc) is 3.37. The molecule has 0 unspecified atom stereocenters. The molecule has 8 nitrogen and oxygen atoms in total. The van der Waals surface area contributed by atoms with E-state index in [-0.39, 0.29) is 5.75 Å². The number of imidazole rings is 1. The van der Waals surface area contributed by atoms with Crippen molar-refractivity contribution in [3.63, 3.8) is 0 Å². The van der Waals surface area contributed by atoms with Gasteiger partial charge >= 0.3 is 5.97 Å². The second-order valence-electron chi connectivity index (χ2n) is 7.63. The molecule has 5 N–H and O–H groups in total. The van der Waals surface area contributed by atoms with Gasteiger partial charge in [-0.25, -0.2) is 9.37 Å². The van der Waals surface area contributed by atoms with Crippen molar-refractivity contribution in [1.82, 2.24) is 25.5 Å². The second kappa shape index (κ2) is 7.21. The summed E-state index contributed by atoms with van der Waals surface area (Å²) in [6.07, 6.45) is 0.957. The average molecular weight is 421 g/mol. The molecule has 2 aromatic carbocycles. The van der Waals surface area contributed by atoms with Gasteiger partial charge in [0, 0.05) is 18.4 Å². The van der Waals surface area contributed by atoms with Gasteiger partial charge in [-0.05, 0) is 47.4 Å². The van der Waals surface area contributed by atoms with Crippen molar-refractivity contribution in [3.8, 4) is 28.4 Å². The Morgan fingerprint density at radius 1 is 1.29 bits per heavy atom. The fourth-order valence-electron chi connectivity index (χ4n) is 4.07. The van der Waals surface area contributed by atoms with E-state index in [1.165, 1.54) is 12.1 Å². The highest BCUT2D eigenvalue weighted by Crippen LogP contribution is 2.33. The van der Waals surface area contributed by atoms with E-state index in [0.717, 1.165) is 39.0 Å². The van der Waals surface area contributed by atoms with Gasteiger partial charge in [-0.3, -0.25) is 15.2 Å². The Labute approximate surface area is 176 Å². The summed E-state index contributed by atoms with van der Waals surface area (Å²) < 4.78 is 14.0. The molecule has 5 rings (SSSR count). The maximum absolute atomic E-state index is 14.0. The number of carboxylic acid groups (broad SMARTS) is 1. The van der Waals surface area contributed by atoms with Gasteiger partial charge in [-0.2, -0.15) is 5.10 Å². The number of phenolic OH excluding ortho intramolecular Hbond substituents is 1. The Hall–Kier alpha value is -3.72. The number of nitrogens with one attached hydrogen (secondary N) is 3. The van der Waals surface area contributed by atoms with Crippen molar-refractivity contribution >= 4 is 16.9 Å². The molecule has 1 aliphatic rings. The number of aromatic amines is 2. The van der Waals surface area contributed by atoms with Crippen molar-refractivity contribution < 1.29 is 19.4 Å². The van der Waals surface area contributed by atoms with Gasteiger partial charge in [0.2, 0.25) is 0 Å². The van der Waals surface area contributed by atoms with Crippen LogP contribution in [0.15, 0.2) is 30.3 Å². The number of carboxylic acids is 1. The van der Waals surface area contributed by atoms with Crippen LogP contribution < -0.4 is 5.32 Å². The number of carbonyl (C=O) groups is 1. The van der Waals surface area contributed by atoms with Crippen LogP contribution >= 0.6 is 0 Å². The van der Waals surface area contributed by atoms with E-state index in [4.69, 9.17) is 0 Å². The first-order chi connectivity index (χ1) is 14.9. The van der Waals surface area contributed by atoms with Crippen LogP contribution in [0.4, 0.5) is 4.39 Å². The zero-order chi connectivity index (χ0) is 21.7. The number of nitrogens with zero attached hydrogens (tertiary/aromatic N) is 2. The topological polar surface area (TPSA) is 127 Å². The van der Waals surface area contributed by atoms with E-state index < -0.39 is 17.8 Å². The molecule has 0 bridgehead atoms. The highest BCUT2D eigenvalue weighted by molar-refractivity contribution is 5.94. The first-order valence-corrected chi connectivity index (χ1v) is 9.98. The number of aliphatic carboxylic acids is 1. The molecule has 1 aliphatic heterocycles. The van der Waals surface area contributed by atoms with Crippen molar-refractivity contribution in [2.24, 2.45) is 0 Å². The lowest BCUT2D eigenvalue weighted by molar-refractivity contribution is -0.139. The molecule has 0 saturated heterocycles. The van der Waals surface area contributed by atoms with Gasteiger partial charge < -0.3 is 15.2 Å². The van der Waals surface area contributed by atoms with Crippen LogP contribution in [0, 0.1) is 5.82 Å². The maximum Gasteiger partial charge on any atom is 0.321 e. The van der Waals surface area contributed by atoms with E-state index >= 15 is 0 Å². The summed E-state index contributed by atoms with van der Waals surface area (Å²) in [5.41, 5.74) is 5.35. The largest absolute Gasteiger partial charge is 0.505 e. The van der Waals surface area contributed by atoms with Crippen LogP contribution in [-0.2, 0) is 24.2 Å². The molecule has 0 aliphatic carbocycles. The van der Waals surface area contributed by atoms with Gasteiger partial charge in [0.25, 0.3) is 0 Å². The second-order valence-corrected chi connectivity index (χ2v) is 7.63. The van der Waals surface area contributed by atoms with E-state index in [2.05, 4.69) is 25.5 Å². The van der Waals surface area contributed by atoms with Gasteiger partial charge in [-0.1, -0.05) is 13.0 Å². The summed E-state index contributed by atoms with van der Waals surface area (Å²) in [7, 11) is 0. The first kappa shape index (κ1) is 19.3. The summed E-state index contributed by atoms with van der Waals surface area (Å²) in [6.45, 7) is 2.35. The molecule has 3 heterocycles. The molecule has 0 radical (unpaired) electrons. The van der Waals surface area contributed by atoms with Crippen LogP contribution in [0.5, 0.6) is 5.75 Å². The van der Waals surface area contributed by atoms with Crippen LogP contribution in [0.25, 0.3) is 33.5 Å². The van der Waals surface area contributed by atoms with E-state index in [9.17, 15) is 19.4 Å². The quantitative estimate of drug-likeness (QED) is 0.345. The standard InChI is InChI=1S/C22H20FN5O3/c1-2-10-6-19(29)14(23)7-13(10)11-3-4-12-15(5-11)27-28-20(12)21-25-16-8-17(22(30)31)24-9-18(16)26-21/h3-7,17,24,29H,2,8-9H2,1H3,(H,25,26)(H,27,28)(H,30,31)/t17-/m0/s1. The minimum Gasteiger partial charge on any atom is -0.505 e. The van der Waals surface area contributed by atoms with Crippen LogP contribution in [0.2, 0.25) is 0 Å². The molecule has 4 aromatic rings.